The van der Waals surface area contributed by atoms with E-state index in [4.69, 9.17) is 0 Å². The maximum absolute atomic E-state index is 12.5. The maximum atomic E-state index is 12.5. The van der Waals surface area contributed by atoms with Crippen LogP contribution in [0.5, 0.6) is 5.75 Å². The van der Waals surface area contributed by atoms with Crippen LogP contribution >= 0.6 is 11.3 Å². The topological polar surface area (TPSA) is 85.1 Å². The number of benzene rings is 1. The molecule has 2 aromatic heterocycles. The van der Waals surface area contributed by atoms with Crippen LogP contribution in [0.15, 0.2) is 35.7 Å². The molecule has 0 aliphatic heterocycles. The van der Waals surface area contributed by atoms with E-state index in [1.165, 1.54) is 28.2 Å². The highest BCUT2D eigenvalue weighted by atomic mass is 32.1. The Morgan fingerprint density at radius 1 is 1.05 bits per heavy atom. The Labute approximate surface area is 122 Å². The van der Waals surface area contributed by atoms with Crippen molar-refractivity contribution in [1.29, 1.82) is 0 Å². The van der Waals surface area contributed by atoms with Gasteiger partial charge in [-0.3, -0.25) is 9.59 Å². The summed E-state index contributed by atoms with van der Waals surface area (Å²) in [7, 11) is 0. The second-order valence-electron chi connectivity index (χ2n) is 4.54. The lowest BCUT2D eigenvalue weighted by Crippen LogP contribution is -2.21. The third-order valence-electron chi connectivity index (χ3n) is 3.31. The highest BCUT2D eigenvalue weighted by Gasteiger charge is 2.36. The van der Waals surface area contributed by atoms with Crippen molar-refractivity contribution in [2.45, 2.75) is 0 Å². The number of hydrogen-bond donors (Lipinski definition) is 1. The van der Waals surface area contributed by atoms with Crippen molar-refractivity contribution in [2.75, 3.05) is 0 Å². The minimum atomic E-state index is -0.278. The smallest absolute Gasteiger partial charge is 0.226 e. The molecule has 4 rings (SSSR count). The molecule has 0 saturated carbocycles. The van der Waals surface area contributed by atoms with Crippen molar-refractivity contribution in [1.82, 2.24) is 15.0 Å². The number of hydrogen-bond acceptors (Lipinski definition) is 6. The minimum absolute atomic E-state index is 0.0722. The van der Waals surface area contributed by atoms with E-state index >= 15 is 0 Å². The Morgan fingerprint density at radius 2 is 1.81 bits per heavy atom. The van der Waals surface area contributed by atoms with Crippen molar-refractivity contribution in [2.24, 2.45) is 0 Å². The molecular formula is C14H7N3O3S. The Hall–Kier alpha value is -2.80. The molecule has 0 radical (unpaired) electrons. The lowest BCUT2D eigenvalue weighted by atomic mass is 9.97. The summed E-state index contributed by atoms with van der Waals surface area (Å²) in [6.45, 7) is 0. The maximum Gasteiger partial charge on any atom is 0.226 e. The molecule has 0 amide bonds. The molecule has 1 aliphatic rings. The molecule has 21 heavy (non-hydrogen) atoms. The highest BCUT2D eigenvalue weighted by Crippen LogP contribution is 2.30. The zero-order valence-corrected chi connectivity index (χ0v) is 11.3. The predicted octanol–water partition coefficient (Wildman–Crippen LogP) is 1.81. The molecule has 0 fully saturated rings. The number of carbonyl (C=O) groups excluding carboxylic acids is 2. The molecule has 1 aliphatic carbocycles. The van der Waals surface area contributed by atoms with Crippen LogP contribution in [0.2, 0.25) is 0 Å². The van der Waals surface area contributed by atoms with Gasteiger partial charge in [-0.15, -0.1) is 16.4 Å². The number of aromatic nitrogens is 3. The summed E-state index contributed by atoms with van der Waals surface area (Å²) in [4.78, 5) is 25.3. The van der Waals surface area contributed by atoms with E-state index in [0.29, 0.717) is 16.1 Å². The molecule has 0 spiro atoms. The molecule has 1 N–H and O–H groups in total. The average molecular weight is 297 g/mol. The van der Waals surface area contributed by atoms with Crippen LogP contribution < -0.4 is 0 Å². The van der Waals surface area contributed by atoms with Crippen LogP contribution in [-0.4, -0.2) is 31.7 Å². The minimum Gasteiger partial charge on any atom is -0.508 e. The van der Waals surface area contributed by atoms with Gasteiger partial charge < -0.3 is 5.11 Å². The summed E-state index contributed by atoms with van der Waals surface area (Å²) in [6, 6.07) is 7.80. The van der Waals surface area contributed by atoms with E-state index in [9.17, 15) is 14.7 Å². The first-order valence-electron chi connectivity index (χ1n) is 6.09. The Bertz CT molecular complexity index is 893. The van der Waals surface area contributed by atoms with Gasteiger partial charge in [0.1, 0.15) is 11.4 Å². The van der Waals surface area contributed by atoms with Crippen molar-refractivity contribution in [3.63, 3.8) is 0 Å². The van der Waals surface area contributed by atoms with E-state index in [1.807, 2.05) is 0 Å². The van der Waals surface area contributed by atoms with Gasteiger partial charge in [-0.25, -0.2) is 4.68 Å². The predicted molar refractivity (Wildman–Crippen MR) is 74.2 cm³/mol. The third kappa shape index (κ3) is 1.58. The summed E-state index contributed by atoms with van der Waals surface area (Å²) < 4.78 is 1.33. The first kappa shape index (κ1) is 12.0. The molecule has 7 heteroatoms. The van der Waals surface area contributed by atoms with Gasteiger partial charge in [0.05, 0.1) is 10.6 Å². The molecule has 0 bridgehead atoms. The van der Waals surface area contributed by atoms with Gasteiger partial charge in [0.2, 0.25) is 11.6 Å². The number of ketones is 2. The zero-order valence-electron chi connectivity index (χ0n) is 10.5. The fourth-order valence-electron chi connectivity index (χ4n) is 2.31. The molecule has 2 heterocycles. The molecule has 0 unspecified atom stereocenters. The molecule has 6 nitrogen and oxygen atoms in total. The van der Waals surface area contributed by atoms with Crippen molar-refractivity contribution in [3.05, 3.63) is 57.5 Å². The number of phenolic OH excluding ortho intramolecular Hbond substituents is 1. The molecule has 102 valence electrons. The molecule has 1 aromatic carbocycles. The first-order valence-corrected chi connectivity index (χ1v) is 6.97. The number of thiophene rings is 1. The summed E-state index contributed by atoms with van der Waals surface area (Å²) in [5, 5.41) is 18.8. The van der Waals surface area contributed by atoms with Gasteiger partial charge in [0.15, 0.2) is 5.69 Å². The van der Waals surface area contributed by atoms with Gasteiger partial charge in [0, 0.05) is 5.56 Å². The zero-order chi connectivity index (χ0) is 14.6. The number of aromatic hydroxyl groups is 1. The highest BCUT2D eigenvalue weighted by molar-refractivity contribution is 7.12. The van der Waals surface area contributed by atoms with E-state index in [0.717, 1.165) is 0 Å². The normalized spacial score (nSPS) is 13.1. The number of carbonyl (C=O) groups is 2. The summed E-state index contributed by atoms with van der Waals surface area (Å²) in [6.07, 6.45) is 0. The fourth-order valence-corrected chi connectivity index (χ4v) is 3.14. The number of nitrogens with zero attached hydrogens (tertiary/aromatic N) is 3. The van der Waals surface area contributed by atoms with Crippen LogP contribution in [0.4, 0.5) is 0 Å². The van der Waals surface area contributed by atoms with Gasteiger partial charge in [0.25, 0.3) is 0 Å². The van der Waals surface area contributed by atoms with Crippen LogP contribution in [0.1, 0.15) is 31.4 Å². The second kappa shape index (κ2) is 4.10. The molecule has 0 saturated heterocycles. The quantitative estimate of drug-likeness (QED) is 0.579. The SMILES string of the molecule is O=C1c2nnn(-c3ccc(O)cc3)c2C(=O)c2ccsc21. The number of phenols is 1. The van der Waals surface area contributed by atoms with E-state index in [2.05, 4.69) is 10.3 Å². The van der Waals surface area contributed by atoms with Crippen molar-refractivity contribution >= 4 is 22.9 Å². The van der Waals surface area contributed by atoms with E-state index in [-0.39, 0.29) is 28.7 Å². The van der Waals surface area contributed by atoms with Gasteiger partial charge in [-0.05, 0) is 35.7 Å². The standard InChI is InChI=1S/C14H7N3O3S/c18-8-3-1-7(2-4-8)17-11-10(15-16-17)13(20)14-9(12(11)19)5-6-21-14/h1-6,18H. The van der Waals surface area contributed by atoms with Crippen LogP contribution in [0.3, 0.4) is 0 Å². The Morgan fingerprint density at radius 3 is 2.57 bits per heavy atom. The Balaban J connectivity index is 1.94. The van der Waals surface area contributed by atoms with Crippen molar-refractivity contribution in [3.8, 4) is 11.4 Å². The van der Waals surface area contributed by atoms with E-state index < -0.39 is 0 Å². The third-order valence-corrected chi connectivity index (χ3v) is 4.22. The monoisotopic (exact) mass is 297 g/mol. The van der Waals surface area contributed by atoms with E-state index in [1.54, 1.807) is 23.6 Å². The second-order valence-corrected chi connectivity index (χ2v) is 5.45. The van der Waals surface area contributed by atoms with Crippen LogP contribution in [0.25, 0.3) is 5.69 Å². The average Bonchev–Trinajstić information content (AvgIpc) is 3.13. The largest absolute Gasteiger partial charge is 0.508 e. The molecular weight excluding hydrogens is 290 g/mol. The summed E-state index contributed by atoms with van der Waals surface area (Å²) in [5.74, 6) is -0.436. The summed E-state index contributed by atoms with van der Waals surface area (Å²) >= 11 is 1.23. The number of fused-ring (bicyclic) bond motifs is 2. The lowest BCUT2D eigenvalue weighted by Gasteiger charge is -2.11. The van der Waals surface area contributed by atoms with Crippen molar-refractivity contribution < 1.29 is 14.7 Å². The van der Waals surface area contributed by atoms with Gasteiger partial charge in [-0.1, -0.05) is 5.21 Å². The number of rotatable bonds is 1. The lowest BCUT2D eigenvalue weighted by molar-refractivity contribution is 0.0976. The molecule has 3 aromatic rings. The Kier molecular flexibility index (Phi) is 2.34. The van der Waals surface area contributed by atoms with Crippen LogP contribution in [0, 0.1) is 0 Å². The van der Waals surface area contributed by atoms with Gasteiger partial charge >= 0.3 is 0 Å². The van der Waals surface area contributed by atoms with Crippen LogP contribution in [-0.2, 0) is 0 Å². The van der Waals surface area contributed by atoms with Gasteiger partial charge in [-0.2, -0.15) is 0 Å². The summed E-state index contributed by atoms with van der Waals surface area (Å²) in [5.41, 5.74) is 1.18. The first-order chi connectivity index (χ1) is 10.2. The molecule has 0 atom stereocenters. The fraction of sp³-hybridized carbons (Fsp3) is 0.